The first-order valence-corrected chi connectivity index (χ1v) is 7.48. The van der Waals surface area contributed by atoms with Crippen molar-refractivity contribution in [2.24, 2.45) is 11.8 Å². The number of carbonyl (C=O) groups is 1. The van der Waals surface area contributed by atoms with E-state index in [0.29, 0.717) is 12.8 Å². The Kier molecular flexibility index (Phi) is 5.38. The van der Waals surface area contributed by atoms with Crippen molar-refractivity contribution in [2.45, 2.75) is 57.3 Å². The molecule has 1 saturated carbocycles. The van der Waals surface area contributed by atoms with Crippen LogP contribution in [0, 0.1) is 11.8 Å². The fourth-order valence-electron chi connectivity index (χ4n) is 3.10. The molecule has 4 nitrogen and oxygen atoms in total. The van der Waals surface area contributed by atoms with E-state index in [4.69, 9.17) is 4.74 Å². The summed E-state index contributed by atoms with van der Waals surface area (Å²) in [6.45, 7) is 1.89. The molecular formula is C16H24O4. The lowest BCUT2D eigenvalue weighted by atomic mass is 9.90. The predicted molar refractivity (Wildman–Crippen MR) is 75.9 cm³/mol. The van der Waals surface area contributed by atoms with Crippen LogP contribution in [-0.2, 0) is 9.53 Å². The summed E-state index contributed by atoms with van der Waals surface area (Å²) in [7, 11) is 0. The lowest BCUT2D eigenvalue weighted by molar-refractivity contribution is -0.142. The van der Waals surface area contributed by atoms with Gasteiger partial charge in [0, 0.05) is 6.08 Å². The Morgan fingerprint density at radius 2 is 2.05 bits per heavy atom. The Balaban J connectivity index is 2.11. The molecule has 0 radical (unpaired) electrons. The van der Waals surface area contributed by atoms with Gasteiger partial charge in [-0.15, -0.1) is 0 Å². The van der Waals surface area contributed by atoms with Crippen molar-refractivity contribution < 1.29 is 19.7 Å². The average molecular weight is 280 g/mol. The Morgan fingerprint density at radius 1 is 1.25 bits per heavy atom. The third-order valence-corrected chi connectivity index (χ3v) is 4.19. The zero-order valence-electron chi connectivity index (χ0n) is 11.9. The van der Waals surface area contributed by atoms with Crippen LogP contribution in [0.2, 0.25) is 0 Å². The minimum atomic E-state index is -0.717. The highest BCUT2D eigenvalue weighted by atomic mass is 16.5. The van der Waals surface area contributed by atoms with Gasteiger partial charge in [0.2, 0.25) is 0 Å². The van der Waals surface area contributed by atoms with Gasteiger partial charge in [-0.05, 0) is 56.9 Å². The largest absolute Gasteiger partial charge is 0.460 e. The Bertz CT molecular complexity index is 388. The van der Waals surface area contributed by atoms with E-state index in [0.717, 1.165) is 19.3 Å². The number of cyclic esters (lactones) is 1. The standard InChI is InChI=1S/C16H24O4/c1-11-5-3-2-4-6-12-9-13(17)10-14(12)15(18)7-8-16(19)20-11/h4,6-8,11-15,17-18H,2-3,5,9-10H2,1H3/b6-4+,8-7-/t11-,12-,13+,14-,15+/m1/s1. The van der Waals surface area contributed by atoms with Crippen LogP contribution in [0.1, 0.15) is 39.0 Å². The molecule has 4 heteroatoms. The maximum Gasteiger partial charge on any atom is 0.330 e. The van der Waals surface area contributed by atoms with Gasteiger partial charge in [0.25, 0.3) is 0 Å². The molecule has 0 bridgehead atoms. The molecule has 0 aromatic carbocycles. The minimum Gasteiger partial charge on any atom is -0.460 e. The fraction of sp³-hybridized carbons (Fsp3) is 0.688. The van der Waals surface area contributed by atoms with Gasteiger partial charge < -0.3 is 14.9 Å². The molecule has 1 heterocycles. The van der Waals surface area contributed by atoms with E-state index in [-0.39, 0.29) is 24.0 Å². The van der Waals surface area contributed by atoms with Gasteiger partial charge in [0.05, 0.1) is 18.3 Å². The van der Waals surface area contributed by atoms with Gasteiger partial charge in [0.15, 0.2) is 0 Å². The molecule has 0 amide bonds. The second kappa shape index (κ2) is 7.04. The topological polar surface area (TPSA) is 66.8 Å². The second-order valence-electron chi connectivity index (χ2n) is 5.91. The van der Waals surface area contributed by atoms with E-state index < -0.39 is 12.1 Å². The summed E-state index contributed by atoms with van der Waals surface area (Å²) in [4.78, 5) is 11.6. The summed E-state index contributed by atoms with van der Waals surface area (Å²) in [5.74, 6) is -0.249. The number of carbonyl (C=O) groups excluding carboxylic acids is 1. The number of aliphatic hydroxyl groups excluding tert-OH is 2. The summed E-state index contributed by atoms with van der Waals surface area (Å²) in [6.07, 6.45) is 9.87. The molecule has 0 aromatic heterocycles. The van der Waals surface area contributed by atoms with Gasteiger partial charge in [0.1, 0.15) is 0 Å². The van der Waals surface area contributed by atoms with Crippen molar-refractivity contribution in [3.8, 4) is 0 Å². The Labute approximate surface area is 120 Å². The number of hydrogen-bond donors (Lipinski definition) is 2. The van der Waals surface area contributed by atoms with Crippen molar-refractivity contribution in [1.29, 1.82) is 0 Å². The third kappa shape index (κ3) is 4.18. The van der Waals surface area contributed by atoms with Crippen LogP contribution in [-0.4, -0.2) is 34.5 Å². The normalized spacial score (nSPS) is 42.5. The van der Waals surface area contributed by atoms with Crippen LogP contribution in [0.3, 0.4) is 0 Å². The lowest BCUT2D eigenvalue weighted by Crippen LogP contribution is -2.21. The minimum absolute atomic E-state index is 0.0246. The van der Waals surface area contributed by atoms with Crippen molar-refractivity contribution in [3.63, 3.8) is 0 Å². The molecule has 0 aromatic rings. The molecule has 2 aliphatic rings. The molecule has 2 rings (SSSR count). The molecule has 20 heavy (non-hydrogen) atoms. The van der Waals surface area contributed by atoms with Crippen molar-refractivity contribution in [2.75, 3.05) is 0 Å². The average Bonchev–Trinajstić information content (AvgIpc) is 2.76. The molecule has 1 aliphatic heterocycles. The maximum absolute atomic E-state index is 11.6. The Morgan fingerprint density at radius 3 is 2.85 bits per heavy atom. The van der Waals surface area contributed by atoms with Crippen LogP contribution in [0.4, 0.5) is 0 Å². The number of fused-ring (bicyclic) bond motifs is 1. The van der Waals surface area contributed by atoms with Crippen LogP contribution < -0.4 is 0 Å². The number of rotatable bonds is 0. The number of hydrogen-bond acceptors (Lipinski definition) is 4. The molecule has 112 valence electrons. The monoisotopic (exact) mass is 280 g/mol. The summed E-state index contributed by atoms with van der Waals surface area (Å²) < 4.78 is 5.23. The first-order chi connectivity index (χ1) is 9.56. The molecular weight excluding hydrogens is 256 g/mol. The van der Waals surface area contributed by atoms with E-state index in [1.54, 1.807) is 0 Å². The first kappa shape index (κ1) is 15.3. The molecule has 0 spiro atoms. The molecule has 1 aliphatic carbocycles. The zero-order valence-corrected chi connectivity index (χ0v) is 11.9. The zero-order chi connectivity index (χ0) is 14.5. The number of allylic oxidation sites excluding steroid dienone is 2. The summed E-state index contributed by atoms with van der Waals surface area (Å²) in [5.41, 5.74) is 0. The van der Waals surface area contributed by atoms with Gasteiger partial charge in [-0.3, -0.25) is 0 Å². The van der Waals surface area contributed by atoms with Gasteiger partial charge >= 0.3 is 5.97 Å². The molecule has 0 saturated heterocycles. The summed E-state index contributed by atoms with van der Waals surface area (Å²) in [5, 5.41) is 20.0. The highest BCUT2D eigenvalue weighted by Crippen LogP contribution is 2.36. The molecule has 0 unspecified atom stereocenters. The smallest absolute Gasteiger partial charge is 0.330 e. The third-order valence-electron chi connectivity index (χ3n) is 4.19. The van der Waals surface area contributed by atoms with E-state index >= 15 is 0 Å². The number of aliphatic hydroxyl groups is 2. The van der Waals surface area contributed by atoms with Gasteiger partial charge in [-0.1, -0.05) is 12.2 Å². The quantitative estimate of drug-likeness (QED) is 0.526. The summed E-state index contributed by atoms with van der Waals surface area (Å²) >= 11 is 0. The predicted octanol–water partition coefficient (Wildman–Crippen LogP) is 1.96. The maximum atomic E-state index is 11.6. The highest BCUT2D eigenvalue weighted by molar-refractivity contribution is 5.82. The molecule has 2 N–H and O–H groups in total. The molecule has 5 atom stereocenters. The van der Waals surface area contributed by atoms with E-state index in [1.165, 1.54) is 12.2 Å². The number of esters is 1. The second-order valence-corrected chi connectivity index (χ2v) is 5.91. The summed E-state index contributed by atoms with van der Waals surface area (Å²) in [6, 6.07) is 0. The van der Waals surface area contributed by atoms with Crippen LogP contribution in [0.5, 0.6) is 0 Å². The van der Waals surface area contributed by atoms with E-state index in [9.17, 15) is 15.0 Å². The van der Waals surface area contributed by atoms with Crippen molar-refractivity contribution in [1.82, 2.24) is 0 Å². The van der Waals surface area contributed by atoms with Gasteiger partial charge in [-0.2, -0.15) is 0 Å². The van der Waals surface area contributed by atoms with Crippen LogP contribution in [0.15, 0.2) is 24.3 Å². The molecule has 1 fully saturated rings. The van der Waals surface area contributed by atoms with E-state index in [1.807, 2.05) is 6.92 Å². The highest BCUT2D eigenvalue weighted by Gasteiger charge is 2.35. The first-order valence-electron chi connectivity index (χ1n) is 7.48. The fourth-order valence-corrected chi connectivity index (χ4v) is 3.10. The number of ether oxygens (including phenoxy) is 1. The Hall–Kier alpha value is -1.13. The van der Waals surface area contributed by atoms with E-state index in [2.05, 4.69) is 12.2 Å². The van der Waals surface area contributed by atoms with Crippen molar-refractivity contribution >= 4 is 5.97 Å². The lowest BCUT2D eigenvalue weighted by Gasteiger charge is -2.19. The SMILES string of the molecule is C[C@@H]1CCC/C=C/[C@@H]2C[C@H](O)C[C@H]2[C@@H](O)/C=C\C(=O)O1. The van der Waals surface area contributed by atoms with Crippen LogP contribution >= 0.6 is 0 Å². The van der Waals surface area contributed by atoms with Crippen LogP contribution in [0.25, 0.3) is 0 Å². The van der Waals surface area contributed by atoms with Crippen molar-refractivity contribution in [3.05, 3.63) is 24.3 Å². The van der Waals surface area contributed by atoms with Gasteiger partial charge in [-0.25, -0.2) is 4.79 Å².